The third-order valence-corrected chi connectivity index (χ3v) is 5.91. The van der Waals surface area contributed by atoms with E-state index in [0.717, 1.165) is 75.5 Å². The van der Waals surface area contributed by atoms with Crippen molar-refractivity contribution < 1.29 is 14.2 Å². The molecule has 166 valence electrons. The lowest BCUT2D eigenvalue weighted by molar-refractivity contribution is 0.0958. The van der Waals surface area contributed by atoms with Crippen LogP contribution >= 0.6 is 0 Å². The van der Waals surface area contributed by atoms with E-state index in [1.165, 1.54) is 23.5 Å². The van der Waals surface area contributed by atoms with Crippen molar-refractivity contribution in [2.75, 3.05) is 6.61 Å². The molecule has 0 amide bonds. The molecule has 30 heavy (non-hydrogen) atoms. The maximum absolute atomic E-state index is 13.1. The van der Waals surface area contributed by atoms with Crippen molar-refractivity contribution in [3.63, 3.8) is 0 Å². The number of rotatable bonds is 11. The zero-order chi connectivity index (χ0) is 22.0. The third kappa shape index (κ3) is 6.23. The van der Waals surface area contributed by atoms with Crippen LogP contribution in [0.25, 0.3) is 6.08 Å². The Morgan fingerprint density at radius 2 is 1.70 bits per heavy atom. The molecule has 0 atom stereocenters. The molecule has 0 unspecified atom stereocenters. The van der Waals surface area contributed by atoms with Gasteiger partial charge in [-0.3, -0.25) is 0 Å². The first kappa shape index (κ1) is 24.2. The lowest BCUT2D eigenvalue weighted by Gasteiger charge is -2.42. The highest BCUT2D eigenvalue weighted by atomic mass is 19.1. The molecule has 0 saturated carbocycles. The van der Waals surface area contributed by atoms with Crippen LogP contribution in [-0.2, 0) is 4.74 Å². The van der Waals surface area contributed by atoms with Crippen molar-refractivity contribution in [2.24, 2.45) is 5.41 Å². The second kappa shape index (κ2) is 12.0. The van der Waals surface area contributed by atoms with Crippen LogP contribution in [0.15, 0.2) is 53.0 Å². The van der Waals surface area contributed by atoms with Gasteiger partial charge in [0.05, 0.1) is 6.61 Å². The highest BCUT2D eigenvalue weighted by molar-refractivity contribution is 5.52. The molecule has 1 aromatic rings. The van der Waals surface area contributed by atoms with Crippen LogP contribution in [0.4, 0.5) is 4.39 Å². The number of aliphatic hydroxyl groups is 1. The largest absolute Gasteiger partial charge is 0.508 e. The topological polar surface area (TPSA) is 29.5 Å². The smallest absolute Gasteiger partial charge is 0.123 e. The fourth-order valence-electron chi connectivity index (χ4n) is 4.76. The Morgan fingerprint density at radius 1 is 1.03 bits per heavy atom. The summed E-state index contributed by atoms with van der Waals surface area (Å²) in [5.74, 6) is 1.31. The molecule has 3 heteroatoms. The Balaban J connectivity index is 2.45. The number of hydrogen-bond acceptors (Lipinski definition) is 2. The fourth-order valence-corrected chi connectivity index (χ4v) is 4.76. The summed E-state index contributed by atoms with van der Waals surface area (Å²) in [6.45, 7) is 9.59. The molecule has 0 bridgehead atoms. The van der Waals surface area contributed by atoms with E-state index in [1.807, 2.05) is 6.08 Å². The van der Waals surface area contributed by atoms with Gasteiger partial charge in [0.2, 0.25) is 0 Å². The maximum Gasteiger partial charge on any atom is 0.123 e. The number of aliphatic hydroxyl groups excluding tert-OH is 1. The number of allylic oxidation sites excluding steroid dienone is 4. The SMILES string of the molecule is CCCOC1=C(CCC)C/C(=C(O)/C=C/c2ccc(F)cc2)CC1(CCC)CCC. The van der Waals surface area contributed by atoms with Gasteiger partial charge in [0.15, 0.2) is 0 Å². The molecule has 0 saturated heterocycles. The van der Waals surface area contributed by atoms with Gasteiger partial charge in [0, 0.05) is 5.41 Å². The molecule has 1 aliphatic carbocycles. The number of hydrogen-bond donors (Lipinski definition) is 1. The van der Waals surface area contributed by atoms with Crippen molar-refractivity contribution in [3.8, 4) is 0 Å². The lowest BCUT2D eigenvalue weighted by Crippen LogP contribution is -2.31. The highest BCUT2D eigenvalue weighted by Crippen LogP contribution is 2.51. The zero-order valence-corrected chi connectivity index (χ0v) is 19.3. The van der Waals surface area contributed by atoms with Gasteiger partial charge in [-0.05, 0) is 73.4 Å². The normalized spacial score (nSPS) is 18.2. The maximum atomic E-state index is 13.1. The van der Waals surface area contributed by atoms with E-state index in [-0.39, 0.29) is 11.2 Å². The summed E-state index contributed by atoms with van der Waals surface area (Å²) < 4.78 is 19.6. The predicted molar refractivity (Wildman–Crippen MR) is 125 cm³/mol. The van der Waals surface area contributed by atoms with Crippen LogP contribution in [0.1, 0.15) is 91.0 Å². The molecule has 1 aliphatic rings. The Morgan fingerprint density at radius 3 is 2.27 bits per heavy atom. The standard InChI is InChI=1S/C27H39FO2/c1-5-9-22-19-23(25(29)15-12-21-10-13-24(28)14-11-21)20-27(16-6-2,17-7-3)26(22)30-18-8-4/h10-15,29H,5-9,16-20H2,1-4H3/b15-12+,25-23+. The van der Waals surface area contributed by atoms with Crippen molar-refractivity contribution in [1.29, 1.82) is 0 Å². The first-order valence-corrected chi connectivity index (χ1v) is 11.7. The van der Waals surface area contributed by atoms with E-state index >= 15 is 0 Å². The molecule has 2 rings (SSSR count). The van der Waals surface area contributed by atoms with E-state index in [0.29, 0.717) is 5.76 Å². The molecule has 0 aliphatic heterocycles. The monoisotopic (exact) mass is 414 g/mol. The van der Waals surface area contributed by atoms with Gasteiger partial charge in [0.1, 0.15) is 17.3 Å². The van der Waals surface area contributed by atoms with Gasteiger partial charge in [-0.15, -0.1) is 0 Å². The summed E-state index contributed by atoms with van der Waals surface area (Å²) in [4.78, 5) is 0. The van der Waals surface area contributed by atoms with Gasteiger partial charge < -0.3 is 9.84 Å². The molecular formula is C27H39FO2. The Labute approximate surface area is 182 Å². The summed E-state index contributed by atoms with van der Waals surface area (Å²) >= 11 is 0. The van der Waals surface area contributed by atoms with Crippen LogP contribution in [0.2, 0.25) is 0 Å². The van der Waals surface area contributed by atoms with Gasteiger partial charge >= 0.3 is 0 Å². The van der Waals surface area contributed by atoms with E-state index in [2.05, 4.69) is 27.7 Å². The van der Waals surface area contributed by atoms with Crippen LogP contribution in [0.5, 0.6) is 0 Å². The summed E-state index contributed by atoms with van der Waals surface area (Å²) in [5, 5.41) is 11.0. The average Bonchev–Trinajstić information content (AvgIpc) is 2.73. The van der Waals surface area contributed by atoms with Crippen LogP contribution in [0.3, 0.4) is 0 Å². The van der Waals surface area contributed by atoms with Crippen LogP contribution < -0.4 is 0 Å². The second-order valence-corrected chi connectivity index (χ2v) is 8.54. The molecule has 0 heterocycles. The summed E-state index contributed by atoms with van der Waals surface area (Å²) in [7, 11) is 0. The van der Waals surface area contributed by atoms with Crippen molar-refractivity contribution >= 4 is 6.08 Å². The van der Waals surface area contributed by atoms with Crippen molar-refractivity contribution in [1.82, 2.24) is 0 Å². The average molecular weight is 415 g/mol. The Kier molecular flexibility index (Phi) is 9.68. The van der Waals surface area contributed by atoms with Crippen LogP contribution in [0, 0.1) is 11.2 Å². The Hall–Kier alpha value is -2.03. The molecule has 1 N–H and O–H groups in total. The predicted octanol–water partition coefficient (Wildman–Crippen LogP) is 8.51. The molecule has 1 aromatic carbocycles. The second-order valence-electron chi connectivity index (χ2n) is 8.54. The van der Waals surface area contributed by atoms with Crippen molar-refractivity contribution in [2.45, 2.75) is 85.5 Å². The number of halogens is 1. The zero-order valence-electron chi connectivity index (χ0n) is 19.3. The van der Waals surface area contributed by atoms with Gasteiger partial charge in [0.25, 0.3) is 0 Å². The number of ether oxygens (including phenoxy) is 1. The summed E-state index contributed by atoms with van der Waals surface area (Å²) in [6, 6.07) is 6.33. The first-order valence-electron chi connectivity index (χ1n) is 11.7. The third-order valence-electron chi connectivity index (χ3n) is 5.91. The van der Waals surface area contributed by atoms with Gasteiger partial charge in [-0.2, -0.15) is 0 Å². The number of benzene rings is 1. The minimum atomic E-state index is -0.250. The minimum absolute atomic E-state index is 0.0194. The quantitative estimate of drug-likeness (QED) is 0.368. The molecule has 0 radical (unpaired) electrons. The van der Waals surface area contributed by atoms with Gasteiger partial charge in [-0.1, -0.05) is 65.2 Å². The molecule has 2 nitrogen and oxygen atoms in total. The van der Waals surface area contributed by atoms with E-state index < -0.39 is 0 Å². The van der Waals surface area contributed by atoms with Crippen LogP contribution in [-0.4, -0.2) is 11.7 Å². The highest BCUT2D eigenvalue weighted by Gasteiger charge is 2.41. The summed E-state index contributed by atoms with van der Waals surface area (Å²) in [6.07, 6.45) is 12.7. The van der Waals surface area contributed by atoms with E-state index in [1.54, 1.807) is 18.2 Å². The molecule has 0 spiro atoms. The summed E-state index contributed by atoms with van der Waals surface area (Å²) in [5.41, 5.74) is 3.32. The fraction of sp³-hybridized carbons (Fsp3) is 0.556. The van der Waals surface area contributed by atoms with E-state index in [9.17, 15) is 9.50 Å². The molecule has 0 fully saturated rings. The van der Waals surface area contributed by atoms with E-state index in [4.69, 9.17) is 4.74 Å². The van der Waals surface area contributed by atoms with Gasteiger partial charge in [-0.25, -0.2) is 4.39 Å². The molecular weight excluding hydrogens is 375 g/mol. The Bertz CT molecular complexity index is 750. The first-order chi connectivity index (χ1) is 14.5. The minimum Gasteiger partial charge on any atom is -0.508 e. The lowest BCUT2D eigenvalue weighted by atomic mass is 9.66. The van der Waals surface area contributed by atoms with Crippen molar-refractivity contribution in [3.05, 3.63) is 64.4 Å². The molecule has 0 aromatic heterocycles.